The highest BCUT2D eigenvalue weighted by Gasteiger charge is 2.19. The van der Waals surface area contributed by atoms with Crippen molar-refractivity contribution in [1.29, 1.82) is 0 Å². The third-order valence-corrected chi connectivity index (χ3v) is 3.41. The van der Waals surface area contributed by atoms with Crippen LogP contribution in [0.3, 0.4) is 0 Å². The van der Waals surface area contributed by atoms with Gasteiger partial charge in [0.05, 0.1) is 30.2 Å². The molecule has 2 rings (SSSR count). The Hall–Kier alpha value is -2.41. The zero-order chi connectivity index (χ0) is 16.8. The summed E-state index contributed by atoms with van der Waals surface area (Å²) in [5, 5.41) is 5.38. The van der Waals surface area contributed by atoms with Crippen LogP contribution in [0.5, 0.6) is 0 Å². The number of imidazole rings is 1. The van der Waals surface area contributed by atoms with Gasteiger partial charge in [-0.3, -0.25) is 9.59 Å². The van der Waals surface area contributed by atoms with Crippen LogP contribution in [-0.4, -0.2) is 34.9 Å². The number of H-pyrrole nitrogens is 1. The molecular weight excluding hydrogens is 294 g/mol. The smallest absolute Gasteiger partial charge is 0.239 e. The maximum absolute atomic E-state index is 12.0. The Labute approximate surface area is 135 Å². The summed E-state index contributed by atoms with van der Waals surface area (Å²) in [6.07, 6.45) is 0.746. The molecule has 0 spiro atoms. The molecule has 1 heterocycles. The van der Waals surface area contributed by atoms with Gasteiger partial charge in [0.2, 0.25) is 11.8 Å². The highest BCUT2D eigenvalue weighted by molar-refractivity contribution is 5.85. The Morgan fingerprint density at radius 2 is 2.00 bits per heavy atom. The number of rotatable bonds is 7. The van der Waals surface area contributed by atoms with E-state index in [1.165, 1.54) is 0 Å². The van der Waals surface area contributed by atoms with Crippen molar-refractivity contribution in [3.05, 3.63) is 30.1 Å². The first kappa shape index (κ1) is 17.0. The Kier molecular flexibility index (Phi) is 5.70. The highest BCUT2D eigenvalue weighted by Crippen LogP contribution is 2.21. The van der Waals surface area contributed by atoms with E-state index in [4.69, 9.17) is 5.73 Å². The normalized spacial score (nSPS) is 12.3. The summed E-state index contributed by atoms with van der Waals surface area (Å²) in [6, 6.07) is 7.49. The van der Waals surface area contributed by atoms with E-state index < -0.39 is 0 Å². The fraction of sp³-hybridized carbons (Fsp3) is 0.438. The molecule has 5 N–H and O–H groups in total. The first-order chi connectivity index (χ1) is 11.0. The molecule has 1 atom stereocenters. The number of aromatic amines is 1. The van der Waals surface area contributed by atoms with E-state index in [-0.39, 0.29) is 30.9 Å². The van der Waals surface area contributed by atoms with Gasteiger partial charge in [-0.1, -0.05) is 26.0 Å². The van der Waals surface area contributed by atoms with Crippen LogP contribution in [0.15, 0.2) is 24.3 Å². The number of benzene rings is 1. The molecule has 23 heavy (non-hydrogen) atoms. The van der Waals surface area contributed by atoms with Crippen LogP contribution in [0.4, 0.5) is 0 Å². The first-order valence-electron chi connectivity index (χ1n) is 7.70. The van der Waals surface area contributed by atoms with Crippen molar-refractivity contribution in [2.45, 2.75) is 26.3 Å². The quantitative estimate of drug-likeness (QED) is 0.606. The summed E-state index contributed by atoms with van der Waals surface area (Å²) in [6.45, 7) is 3.94. The van der Waals surface area contributed by atoms with Gasteiger partial charge in [0.1, 0.15) is 5.82 Å². The average molecular weight is 317 g/mol. The zero-order valence-electron chi connectivity index (χ0n) is 13.4. The Morgan fingerprint density at radius 3 is 2.65 bits per heavy atom. The molecular formula is C16H23N5O2. The fourth-order valence-corrected chi connectivity index (χ4v) is 2.34. The molecule has 0 aliphatic carbocycles. The molecule has 0 aliphatic heterocycles. The number of hydrogen-bond donors (Lipinski definition) is 4. The predicted octanol–water partition coefficient (Wildman–Crippen LogP) is 0.841. The van der Waals surface area contributed by atoms with Gasteiger partial charge in [-0.25, -0.2) is 4.98 Å². The van der Waals surface area contributed by atoms with Crippen LogP contribution in [-0.2, 0) is 9.59 Å². The number of aromatic nitrogens is 2. The number of nitrogens with one attached hydrogen (secondary N) is 3. The fourth-order valence-electron chi connectivity index (χ4n) is 2.34. The van der Waals surface area contributed by atoms with Crippen LogP contribution in [0.25, 0.3) is 11.0 Å². The van der Waals surface area contributed by atoms with Gasteiger partial charge in [0.25, 0.3) is 0 Å². The third-order valence-electron chi connectivity index (χ3n) is 3.41. The van der Waals surface area contributed by atoms with Gasteiger partial charge in [0.15, 0.2) is 0 Å². The summed E-state index contributed by atoms with van der Waals surface area (Å²) in [4.78, 5) is 31.0. The number of nitrogens with two attached hydrogens (primary N) is 1. The Morgan fingerprint density at radius 1 is 1.26 bits per heavy atom. The van der Waals surface area contributed by atoms with Crippen LogP contribution in [0.2, 0.25) is 0 Å². The minimum Gasteiger partial charge on any atom is -0.346 e. The van der Waals surface area contributed by atoms with Gasteiger partial charge in [-0.05, 0) is 24.5 Å². The molecule has 124 valence electrons. The van der Waals surface area contributed by atoms with Crippen molar-refractivity contribution in [3.8, 4) is 0 Å². The average Bonchev–Trinajstić information content (AvgIpc) is 2.95. The van der Waals surface area contributed by atoms with E-state index in [2.05, 4.69) is 34.4 Å². The minimum absolute atomic E-state index is 0.0924. The molecule has 2 amide bonds. The number of hydrogen-bond acceptors (Lipinski definition) is 4. The second-order valence-electron chi connectivity index (χ2n) is 5.87. The molecule has 7 heteroatoms. The van der Waals surface area contributed by atoms with Gasteiger partial charge in [-0.15, -0.1) is 0 Å². The molecule has 2 aromatic rings. The number of carbonyl (C=O) groups excluding carboxylic acids is 2. The monoisotopic (exact) mass is 317 g/mol. The van der Waals surface area contributed by atoms with Crippen LogP contribution in [0, 0.1) is 5.92 Å². The number of carbonyl (C=O) groups is 2. The van der Waals surface area contributed by atoms with Gasteiger partial charge >= 0.3 is 0 Å². The summed E-state index contributed by atoms with van der Waals surface area (Å²) >= 11 is 0. The minimum atomic E-state index is -0.357. The molecule has 1 aromatic carbocycles. The van der Waals surface area contributed by atoms with Gasteiger partial charge < -0.3 is 21.4 Å². The topological polar surface area (TPSA) is 113 Å². The lowest BCUT2D eigenvalue weighted by molar-refractivity contribution is -0.125. The molecule has 7 nitrogen and oxygen atoms in total. The van der Waals surface area contributed by atoms with Crippen molar-refractivity contribution in [2.24, 2.45) is 11.7 Å². The van der Waals surface area contributed by atoms with Crippen molar-refractivity contribution in [1.82, 2.24) is 20.6 Å². The van der Waals surface area contributed by atoms with Crippen molar-refractivity contribution in [2.75, 3.05) is 13.1 Å². The lowest BCUT2D eigenvalue weighted by atomic mass is 10.0. The van der Waals surface area contributed by atoms with E-state index in [0.29, 0.717) is 5.92 Å². The van der Waals surface area contributed by atoms with Crippen molar-refractivity contribution < 1.29 is 9.59 Å². The number of para-hydroxylation sites is 2. The standard InChI is InChI=1S/C16H23N5O2/c1-10(2)7-13(19-15(23)9-18-14(22)8-17)16-20-11-5-3-4-6-12(11)21-16/h3-6,10,13H,7-9,17H2,1-2H3,(H,18,22)(H,19,23)(H,20,21). The Bertz CT molecular complexity index is 647. The number of fused-ring (bicyclic) bond motifs is 1. The molecule has 0 saturated heterocycles. The van der Waals surface area contributed by atoms with Crippen LogP contribution < -0.4 is 16.4 Å². The SMILES string of the molecule is CC(C)CC(NC(=O)CNC(=O)CN)c1nc2ccccc2[nH]1. The van der Waals surface area contributed by atoms with Gasteiger partial charge in [-0.2, -0.15) is 0 Å². The van der Waals surface area contributed by atoms with Crippen molar-refractivity contribution >= 4 is 22.8 Å². The number of amides is 2. The number of nitrogens with zero attached hydrogens (tertiary/aromatic N) is 1. The maximum atomic E-state index is 12.0. The third kappa shape index (κ3) is 4.79. The van der Waals surface area contributed by atoms with E-state index >= 15 is 0 Å². The largest absolute Gasteiger partial charge is 0.346 e. The summed E-state index contributed by atoms with van der Waals surface area (Å²) < 4.78 is 0. The molecule has 0 saturated carbocycles. The molecule has 1 aromatic heterocycles. The summed E-state index contributed by atoms with van der Waals surface area (Å²) in [7, 11) is 0. The van der Waals surface area contributed by atoms with E-state index in [9.17, 15) is 9.59 Å². The zero-order valence-corrected chi connectivity index (χ0v) is 13.4. The molecule has 0 fully saturated rings. The second-order valence-corrected chi connectivity index (χ2v) is 5.87. The molecule has 1 unspecified atom stereocenters. The van der Waals surface area contributed by atoms with E-state index in [0.717, 1.165) is 23.3 Å². The second kappa shape index (κ2) is 7.73. The van der Waals surface area contributed by atoms with Crippen LogP contribution in [0.1, 0.15) is 32.1 Å². The lowest BCUT2D eigenvalue weighted by Crippen LogP contribution is -2.41. The predicted molar refractivity (Wildman–Crippen MR) is 88.5 cm³/mol. The van der Waals surface area contributed by atoms with Gasteiger partial charge in [0, 0.05) is 0 Å². The van der Waals surface area contributed by atoms with E-state index in [1.54, 1.807) is 0 Å². The Balaban J connectivity index is 2.10. The lowest BCUT2D eigenvalue weighted by Gasteiger charge is -2.18. The highest BCUT2D eigenvalue weighted by atomic mass is 16.2. The molecule has 0 aliphatic rings. The van der Waals surface area contributed by atoms with Crippen LogP contribution >= 0.6 is 0 Å². The molecule has 0 radical (unpaired) electrons. The van der Waals surface area contributed by atoms with E-state index in [1.807, 2.05) is 24.3 Å². The summed E-state index contributed by atoms with van der Waals surface area (Å²) in [5.41, 5.74) is 7.00. The maximum Gasteiger partial charge on any atom is 0.239 e. The first-order valence-corrected chi connectivity index (χ1v) is 7.70. The summed E-state index contributed by atoms with van der Waals surface area (Å²) in [5.74, 6) is 0.479. The molecule has 0 bridgehead atoms. The van der Waals surface area contributed by atoms with Crippen molar-refractivity contribution in [3.63, 3.8) is 0 Å².